The number of primary amides is 1. The third-order valence-electron chi connectivity index (χ3n) is 2.93. The van der Waals surface area contributed by atoms with Gasteiger partial charge in [-0.15, -0.1) is 0 Å². The first kappa shape index (κ1) is 15.7. The number of rotatable bonds is 3. The van der Waals surface area contributed by atoms with E-state index in [0.29, 0.717) is 0 Å². The molecule has 0 aliphatic carbocycles. The highest BCUT2D eigenvalue weighted by Crippen LogP contribution is 2.36. The van der Waals surface area contributed by atoms with Gasteiger partial charge >= 0.3 is 6.18 Å². The molecular formula is C12H13F3N6O. The van der Waals surface area contributed by atoms with Crippen molar-refractivity contribution in [1.29, 1.82) is 0 Å². The number of alkyl halides is 3. The first-order valence-corrected chi connectivity index (χ1v) is 6.06. The largest absolute Gasteiger partial charge is 0.434 e. The zero-order valence-corrected chi connectivity index (χ0v) is 12.0. The van der Waals surface area contributed by atoms with Gasteiger partial charge in [0.25, 0.3) is 5.91 Å². The highest BCUT2D eigenvalue weighted by molar-refractivity contribution is 5.90. The maximum absolute atomic E-state index is 13.2. The maximum Gasteiger partial charge on any atom is 0.434 e. The Bertz CT molecular complexity index is 722. The van der Waals surface area contributed by atoms with Gasteiger partial charge in [0.05, 0.1) is 11.9 Å². The van der Waals surface area contributed by atoms with Gasteiger partial charge in [-0.25, -0.2) is 15.0 Å². The number of nitrogens with two attached hydrogens (primary N) is 1. The third-order valence-corrected chi connectivity index (χ3v) is 2.93. The summed E-state index contributed by atoms with van der Waals surface area (Å²) in [5.41, 5.74) is 3.78. The van der Waals surface area contributed by atoms with Crippen LogP contribution >= 0.6 is 0 Å². The van der Waals surface area contributed by atoms with Gasteiger partial charge in [-0.2, -0.15) is 13.2 Å². The highest BCUT2D eigenvalue weighted by Gasteiger charge is 2.37. The molecule has 0 fully saturated rings. The number of carbonyl (C=O) groups is 1. The van der Waals surface area contributed by atoms with Crippen LogP contribution in [0.2, 0.25) is 0 Å². The summed E-state index contributed by atoms with van der Waals surface area (Å²) < 4.78 is 40.9. The quantitative estimate of drug-likeness (QED) is 0.915. The molecule has 118 valence electrons. The van der Waals surface area contributed by atoms with Crippen molar-refractivity contribution in [2.45, 2.75) is 6.18 Å². The molecule has 1 amide bonds. The fraction of sp³-hybridized carbons (Fsp3) is 0.333. The second kappa shape index (κ2) is 5.28. The van der Waals surface area contributed by atoms with Crippen LogP contribution in [0.25, 0.3) is 11.3 Å². The van der Waals surface area contributed by atoms with Crippen LogP contribution in [0.1, 0.15) is 16.3 Å². The van der Waals surface area contributed by atoms with Crippen molar-refractivity contribution in [1.82, 2.24) is 19.5 Å². The second-order valence-electron chi connectivity index (χ2n) is 4.71. The predicted octanol–water partition coefficient (Wildman–Crippen LogP) is 1.06. The van der Waals surface area contributed by atoms with Crippen molar-refractivity contribution >= 4 is 11.9 Å². The summed E-state index contributed by atoms with van der Waals surface area (Å²) in [6.07, 6.45) is -2.50. The molecule has 2 N–H and O–H groups in total. The van der Waals surface area contributed by atoms with Gasteiger partial charge in [-0.05, 0) is 0 Å². The molecule has 2 rings (SSSR count). The summed E-state index contributed by atoms with van der Waals surface area (Å²) in [5.74, 6) is -1.07. The Morgan fingerprint density at radius 3 is 2.36 bits per heavy atom. The minimum Gasteiger partial charge on any atom is -0.363 e. The molecule has 7 nitrogen and oxygen atoms in total. The Morgan fingerprint density at radius 1 is 1.27 bits per heavy atom. The van der Waals surface area contributed by atoms with Crippen LogP contribution in [0.3, 0.4) is 0 Å². The maximum atomic E-state index is 13.2. The van der Waals surface area contributed by atoms with Crippen molar-refractivity contribution in [2.75, 3.05) is 19.0 Å². The van der Waals surface area contributed by atoms with E-state index in [1.54, 1.807) is 0 Å². The molecule has 22 heavy (non-hydrogen) atoms. The lowest BCUT2D eigenvalue weighted by molar-refractivity contribution is -0.140. The van der Waals surface area contributed by atoms with E-state index in [1.807, 2.05) is 0 Å². The van der Waals surface area contributed by atoms with Crippen LogP contribution in [0.5, 0.6) is 0 Å². The van der Waals surface area contributed by atoms with Crippen LogP contribution in [-0.4, -0.2) is 39.5 Å². The number of nitrogens with zero attached hydrogens (tertiary/aromatic N) is 5. The second-order valence-corrected chi connectivity index (χ2v) is 4.71. The zero-order chi connectivity index (χ0) is 16.7. The molecule has 0 bridgehead atoms. The summed E-state index contributed by atoms with van der Waals surface area (Å²) in [6.45, 7) is 0. The number of aromatic nitrogens is 4. The van der Waals surface area contributed by atoms with E-state index in [0.717, 1.165) is 12.4 Å². The van der Waals surface area contributed by atoms with Gasteiger partial charge in [-0.1, -0.05) is 0 Å². The van der Waals surface area contributed by atoms with Gasteiger partial charge in [0, 0.05) is 32.9 Å². The molecule has 0 aromatic carbocycles. The summed E-state index contributed by atoms with van der Waals surface area (Å²) in [7, 11) is 4.46. The number of amides is 1. The summed E-state index contributed by atoms with van der Waals surface area (Å²) in [4.78, 5) is 23.7. The van der Waals surface area contributed by atoms with Crippen molar-refractivity contribution in [2.24, 2.45) is 12.8 Å². The lowest BCUT2D eigenvalue weighted by Crippen LogP contribution is -2.19. The predicted molar refractivity (Wildman–Crippen MR) is 72.1 cm³/mol. The van der Waals surface area contributed by atoms with Gasteiger partial charge in [0.2, 0.25) is 5.95 Å². The van der Waals surface area contributed by atoms with Crippen LogP contribution in [-0.2, 0) is 13.2 Å². The molecule has 0 aliphatic heterocycles. The number of hydrogen-bond acceptors (Lipinski definition) is 5. The summed E-state index contributed by atoms with van der Waals surface area (Å²) in [6, 6.07) is 0. The Balaban J connectivity index is 2.68. The van der Waals surface area contributed by atoms with E-state index in [4.69, 9.17) is 5.73 Å². The molecule has 0 aliphatic rings. The number of anilines is 1. The van der Waals surface area contributed by atoms with Crippen LogP contribution in [0.4, 0.5) is 19.1 Å². The molecule has 2 aromatic heterocycles. The molecule has 0 radical (unpaired) electrons. The number of carbonyl (C=O) groups excluding carboxylic acids is 1. The third kappa shape index (κ3) is 2.71. The minimum absolute atomic E-state index is 0.0476. The van der Waals surface area contributed by atoms with E-state index >= 15 is 0 Å². The first-order valence-electron chi connectivity index (χ1n) is 6.06. The summed E-state index contributed by atoms with van der Waals surface area (Å²) >= 11 is 0. The van der Waals surface area contributed by atoms with E-state index in [9.17, 15) is 18.0 Å². The molecule has 0 saturated heterocycles. The van der Waals surface area contributed by atoms with Crippen molar-refractivity contribution < 1.29 is 18.0 Å². The fourth-order valence-electron chi connectivity index (χ4n) is 1.88. The first-order chi connectivity index (χ1) is 10.1. The smallest absolute Gasteiger partial charge is 0.363 e. The van der Waals surface area contributed by atoms with Crippen molar-refractivity contribution in [3.05, 3.63) is 23.9 Å². The monoisotopic (exact) mass is 314 g/mol. The average molecular weight is 314 g/mol. The molecule has 0 spiro atoms. The molecule has 2 heterocycles. The normalized spacial score (nSPS) is 11.5. The summed E-state index contributed by atoms with van der Waals surface area (Å²) in [5, 5.41) is 0. The number of imidazole rings is 1. The van der Waals surface area contributed by atoms with Gasteiger partial charge in [-0.3, -0.25) is 4.79 Å². The lowest BCUT2D eigenvalue weighted by atomic mass is 10.1. The Labute approximate surface area is 123 Å². The zero-order valence-electron chi connectivity index (χ0n) is 12.0. The number of hydrogen-bond donors (Lipinski definition) is 1. The Morgan fingerprint density at radius 2 is 1.91 bits per heavy atom. The molecule has 10 heteroatoms. The van der Waals surface area contributed by atoms with E-state index in [-0.39, 0.29) is 23.0 Å². The number of halogens is 3. The van der Waals surface area contributed by atoms with E-state index < -0.39 is 17.8 Å². The molecule has 0 atom stereocenters. The fourth-order valence-corrected chi connectivity index (χ4v) is 1.88. The topological polar surface area (TPSA) is 89.9 Å². The molecule has 0 saturated carbocycles. The van der Waals surface area contributed by atoms with Gasteiger partial charge in [0.15, 0.2) is 11.5 Å². The van der Waals surface area contributed by atoms with Gasteiger partial charge in [0.1, 0.15) is 0 Å². The standard InChI is InChI=1S/C12H13F3N6O/c1-20(2)11-18-4-6(8(19-11)12(13,14)15)7-5-17-10(9(16)22)21(7)3/h4-5H,1-3H3,(H2,16,22). The van der Waals surface area contributed by atoms with E-state index in [1.165, 1.54) is 30.6 Å². The molecule has 0 unspecified atom stereocenters. The minimum atomic E-state index is -4.68. The lowest BCUT2D eigenvalue weighted by Gasteiger charge is -2.16. The van der Waals surface area contributed by atoms with Crippen LogP contribution < -0.4 is 10.6 Å². The average Bonchev–Trinajstić information content (AvgIpc) is 2.78. The van der Waals surface area contributed by atoms with Crippen LogP contribution in [0, 0.1) is 0 Å². The van der Waals surface area contributed by atoms with Crippen LogP contribution in [0.15, 0.2) is 12.4 Å². The van der Waals surface area contributed by atoms with Crippen molar-refractivity contribution in [3.8, 4) is 11.3 Å². The van der Waals surface area contributed by atoms with E-state index in [2.05, 4.69) is 15.0 Å². The SMILES string of the molecule is CN(C)c1ncc(-c2cnc(C(N)=O)n2C)c(C(F)(F)F)n1. The Kier molecular flexibility index (Phi) is 3.77. The Hall–Kier alpha value is -2.65. The molecule has 2 aromatic rings. The highest BCUT2D eigenvalue weighted by atomic mass is 19.4. The van der Waals surface area contributed by atoms with Gasteiger partial charge < -0.3 is 15.2 Å². The molecular weight excluding hydrogens is 301 g/mol. The van der Waals surface area contributed by atoms with Crippen molar-refractivity contribution in [3.63, 3.8) is 0 Å².